The molecule has 5 rings (SSSR count). The Morgan fingerprint density at radius 3 is 2.82 bits per heavy atom. The van der Waals surface area contributed by atoms with Crippen LogP contribution in [-0.4, -0.2) is 30.0 Å². The smallest absolute Gasteiger partial charge is 0.0848 e. The standard InChI is InChI=1S/C24H24Br2N2/c1-15-4-3-5-18(8-15)24-6-7-28(2)14-19(24)10-16-9-17-11-20(25)12-21(26)23(17)27-22(16)13-24/h3-5,8-9,11-12,19H,6-7,10,13-14H2,1-2H3/t19-,24+/m1/s1. The normalized spacial score (nSPS) is 24.8. The van der Waals surface area contributed by atoms with Crippen LogP contribution >= 0.6 is 31.9 Å². The zero-order valence-corrected chi connectivity index (χ0v) is 19.5. The molecule has 0 amide bonds. The third-order valence-electron chi connectivity index (χ3n) is 6.80. The van der Waals surface area contributed by atoms with E-state index >= 15 is 0 Å². The van der Waals surface area contributed by atoms with Gasteiger partial charge in [-0.25, -0.2) is 0 Å². The van der Waals surface area contributed by atoms with Crippen LogP contribution in [0.25, 0.3) is 10.9 Å². The minimum Gasteiger partial charge on any atom is -0.306 e. The highest BCUT2D eigenvalue weighted by molar-refractivity contribution is 9.11. The van der Waals surface area contributed by atoms with Crippen LogP contribution in [0.3, 0.4) is 0 Å². The summed E-state index contributed by atoms with van der Waals surface area (Å²) in [6.45, 7) is 4.53. The lowest BCUT2D eigenvalue weighted by atomic mass is 9.58. The highest BCUT2D eigenvalue weighted by atomic mass is 79.9. The number of hydrogen-bond acceptors (Lipinski definition) is 2. The summed E-state index contributed by atoms with van der Waals surface area (Å²) in [5.74, 6) is 0.635. The molecule has 28 heavy (non-hydrogen) atoms. The fourth-order valence-electron chi connectivity index (χ4n) is 5.35. The summed E-state index contributed by atoms with van der Waals surface area (Å²) < 4.78 is 2.16. The molecule has 2 aliphatic rings. The van der Waals surface area contributed by atoms with Gasteiger partial charge in [0.2, 0.25) is 0 Å². The van der Waals surface area contributed by atoms with E-state index in [0.717, 1.165) is 40.4 Å². The van der Waals surface area contributed by atoms with Gasteiger partial charge in [-0.2, -0.15) is 0 Å². The monoisotopic (exact) mass is 498 g/mol. The largest absolute Gasteiger partial charge is 0.306 e. The topological polar surface area (TPSA) is 16.1 Å². The number of hydrogen-bond donors (Lipinski definition) is 0. The molecule has 1 aliphatic carbocycles. The Labute approximate surface area is 183 Å². The van der Waals surface area contributed by atoms with E-state index in [2.05, 4.69) is 93.2 Å². The molecule has 3 aromatic rings. The zero-order chi connectivity index (χ0) is 19.5. The minimum absolute atomic E-state index is 0.202. The van der Waals surface area contributed by atoms with Crippen molar-refractivity contribution in [2.45, 2.75) is 31.6 Å². The second-order valence-electron chi connectivity index (χ2n) is 8.67. The van der Waals surface area contributed by atoms with Crippen molar-refractivity contribution >= 4 is 42.8 Å². The van der Waals surface area contributed by atoms with Crippen molar-refractivity contribution in [1.29, 1.82) is 0 Å². The number of piperidine rings is 1. The second kappa shape index (κ2) is 6.93. The van der Waals surface area contributed by atoms with Crippen LogP contribution < -0.4 is 0 Å². The van der Waals surface area contributed by atoms with Gasteiger partial charge in [-0.15, -0.1) is 0 Å². The molecule has 0 bridgehead atoms. The Kier molecular flexibility index (Phi) is 4.65. The maximum absolute atomic E-state index is 5.18. The molecule has 1 aromatic heterocycles. The number of pyridine rings is 1. The van der Waals surface area contributed by atoms with Gasteiger partial charge in [-0.1, -0.05) is 45.8 Å². The molecule has 0 radical (unpaired) electrons. The van der Waals surface area contributed by atoms with E-state index in [1.807, 2.05) is 0 Å². The van der Waals surface area contributed by atoms with Gasteiger partial charge < -0.3 is 4.90 Å². The van der Waals surface area contributed by atoms with Crippen LogP contribution in [0.15, 0.2) is 51.4 Å². The molecular formula is C24H24Br2N2. The molecule has 2 nitrogen and oxygen atoms in total. The predicted molar refractivity (Wildman–Crippen MR) is 123 cm³/mol. The maximum atomic E-state index is 5.18. The van der Waals surface area contributed by atoms with Crippen molar-refractivity contribution < 1.29 is 0 Å². The highest BCUT2D eigenvalue weighted by Crippen LogP contribution is 2.48. The summed E-state index contributed by atoms with van der Waals surface area (Å²) in [7, 11) is 2.27. The van der Waals surface area contributed by atoms with Gasteiger partial charge in [0, 0.05) is 38.4 Å². The van der Waals surface area contributed by atoms with Crippen molar-refractivity contribution in [1.82, 2.24) is 9.88 Å². The number of likely N-dealkylation sites (tertiary alicyclic amines) is 1. The molecule has 1 aliphatic heterocycles. The van der Waals surface area contributed by atoms with Crippen molar-refractivity contribution in [2.75, 3.05) is 20.1 Å². The van der Waals surface area contributed by atoms with E-state index in [9.17, 15) is 0 Å². The molecule has 2 heterocycles. The van der Waals surface area contributed by atoms with Gasteiger partial charge >= 0.3 is 0 Å². The number of halogens is 2. The van der Waals surface area contributed by atoms with Crippen molar-refractivity contribution in [2.24, 2.45) is 5.92 Å². The fourth-order valence-corrected chi connectivity index (χ4v) is 6.70. The quantitative estimate of drug-likeness (QED) is 0.404. The van der Waals surface area contributed by atoms with Gasteiger partial charge in [-0.05, 0) is 84.5 Å². The van der Waals surface area contributed by atoms with Gasteiger partial charge in [0.15, 0.2) is 0 Å². The van der Waals surface area contributed by atoms with Crippen molar-refractivity contribution in [3.8, 4) is 0 Å². The minimum atomic E-state index is 0.202. The van der Waals surface area contributed by atoms with Crippen molar-refractivity contribution in [3.05, 3.63) is 73.8 Å². The molecule has 0 unspecified atom stereocenters. The summed E-state index contributed by atoms with van der Waals surface area (Å²) in [4.78, 5) is 7.68. The first-order valence-electron chi connectivity index (χ1n) is 9.98. The van der Waals surface area contributed by atoms with E-state index in [1.165, 1.54) is 34.2 Å². The summed E-state index contributed by atoms with van der Waals surface area (Å²) >= 11 is 7.35. The van der Waals surface area contributed by atoms with Gasteiger partial charge in [0.05, 0.1) is 5.52 Å². The lowest BCUT2D eigenvalue weighted by Gasteiger charge is -2.50. The Morgan fingerprint density at radius 2 is 2.00 bits per heavy atom. The molecular weight excluding hydrogens is 476 g/mol. The number of benzene rings is 2. The zero-order valence-electron chi connectivity index (χ0n) is 16.3. The van der Waals surface area contributed by atoms with Gasteiger partial charge in [-0.3, -0.25) is 4.98 Å². The summed E-state index contributed by atoms with van der Waals surface area (Å²) in [5.41, 5.74) is 6.86. The molecule has 1 fully saturated rings. The van der Waals surface area contributed by atoms with Crippen LogP contribution in [0.5, 0.6) is 0 Å². The molecule has 4 heteroatoms. The number of rotatable bonds is 1. The first-order valence-corrected chi connectivity index (χ1v) is 11.6. The maximum Gasteiger partial charge on any atom is 0.0848 e. The molecule has 144 valence electrons. The number of nitrogens with zero attached hydrogens (tertiary/aromatic N) is 2. The lowest BCUT2D eigenvalue weighted by Crippen LogP contribution is -2.53. The van der Waals surface area contributed by atoms with Crippen LogP contribution in [0.2, 0.25) is 0 Å². The molecule has 2 atom stereocenters. The summed E-state index contributed by atoms with van der Waals surface area (Å²) in [5, 5.41) is 1.22. The number of aromatic nitrogens is 1. The Balaban J connectivity index is 1.68. The number of aryl methyl sites for hydroxylation is 1. The first kappa shape index (κ1) is 18.8. The Morgan fingerprint density at radius 1 is 1.14 bits per heavy atom. The second-order valence-corrected chi connectivity index (χ2v) is 10.4. The van der Waals surface area contributed by atoms with Crippen LogP contribution in [0, 0.1) is 12.8 Å². The molecule has 2 aromatic carbocycles. The SMILES string of the molecule is Cc1cccc([C@@]23CCN(C)C[C@H]2Cc2cc4cc(Br)cc(Br)c4nc2C3)c1. The van der Waals surface area contributed by atoms with Crippen LogP contribution in [0.4, 0.5) is 0 Å². The molecule has 0 N–H and O–H groups in total. The highest BCUT2D eigenvalue weighted by Gasteiger charge is 2.47. The van der Waals surface area contributed by atoms with E-state index in [1.54, 1.807) is 0 Å². The molecule has 1 saturated heterocycles. The van der Waals surface area contributed by atoms with Gasteiger partial charge in [0.25, 0.3) is 0 Å². The third-order valence-corrected chi connectivity index (χ3v) is 7.86. The number of fused-ring (bicyclic) bond motifs is 3. The third kappa shape index (κ3) is 3.05. The van der Waals surface area contributed by atoms with Crippen molar-refractivity contribution in [3.63, 3.8) is 0 Å². The van der Waals surface area contributed by atoms with Gasteiger partial charge in [0.1, 0.15) is 0 Å². The van der Waals surface area contributed by atoms with Crippen LogP contribution in [0.1, 0.15) is 28.8 Å². The molecule has 0 spiro atoms. The fraction of sp³-hybridized carbons (Fsp3) is 0.375. The van der Waals surface area contributed by atoms with E-state index in [0.29, 0.717) is 5.92 Å². The average molecular weight is 500 g/mol. The Bertz CT molecular complexity index is 1080. The molecule has 0 saturated carbocycles. The van der Waals surface area contributed by atoms with Crippen LogP contribution in [-0.2, 0) is 18.3 Å². The van der Waals surface area contributed by atoms with E-state index in [-0.39, 0.29) is 5.41 Å². The summed E-state index contributed by atoms with van der Waals surface area (Å²) in [6.07, 6.45) is 3.36. The summed E-state index contributed by atoms with van der Waals surface area (Å²) in [6, 6.07) is 15.9. The van der Waals surface area contributed by atoms with E-state index < -0.39 is 0 Å². The first-order chi connectivity index (χ1) is 13.4. The Hall–Kier alpha value is -1.23. The predicted octanol–water partition coefficient (Wildman–Crippen LogP) is 6.06. The lowest BCUT2D eigenvalue weighted by molar-refractivity contribution is 0.0988. The van der Waals surface area contributed by atoms with E-state index in [4.69, 9.17) is 4.98 Å². The average Bonchev–Trinajstić information content (AvgIpc) is 2.65.